The highest BCUT2D eigenvalue weighted by Crippen LogP contribution is 2.45. The molecule has 2 N–H and O–H groups in total. The molecule has 0 unspecified atom stereocenters. The number of nitrogens with two attached hydrogens (primary N) is 1. The molecule has 0 saturated heterocycles. The number of nitrogens with zero attached hydrogens (tertiary/aromatic N) is 1. The summed E-state index contributed by atoms with van der Waals surface area (Å²) in [5, 5.41) is 0.290. The Hall–Kier alpha value is -2.94. The summed E-state index contributed by atoms with van der Waals surface area (Å²) in [7, 11) is 4.48. The van der Waals surface area contributed by atoms with E-state index < -0.39 is 11.7 Å². The quantitative estimate of drug-likeness (QED) is 0.634. The van der Waals surface area contributed by atoms with E-state index in [1.807, 2.05) is 0 Å². The lowest BCUT2D eigenvalue weighted by atomic mass is 10.0. The summed E-state index contributed by atoms with van der Waals surface area (Å²) in [6, 6.07) is 8.29. The highest BCUT2D eigenvalue weighted by Gasteiger charge is 2.30. The monoisotopic (exact) mass is 410 g/mol. The van der Waals surface area contributed by atoms with Gasteiger partial charge in [-0.25, -0.2) is 4.98 Å². The van der Waals surface area contributed by atoms with Gasteiger partial charge in [0.25, 0.3) is 0 Å². The fourth-order valence-electron chi connectivity index (χ4n) is 2.76. The van der Waals surface area contributed by atoms with Gasteiger partial charge in [-0.3, -0.25) is 0 Å². The Morgan fingerprint density at radius 2 is 1.46 bits per heavy atom. The zero-order chi connectivity index (χ0) is 20.5. The van der Waals surface area contributed by atoms with Crippen LogP contribution < -0.4 is 19.9 Å². The van der Waals surface area contributed by atoms with Crippen LogP contribution in [0.1, 0.15) is 5.56 Å². The summed E-state index contributed by atoms with van der Waals surface area (Å²) >= 11 is 1.19. The van der Waals surface area contributed by atoms with E-state index in [1.165, 1.54) is 44.8 Å². The normalized spacial score (nSPS) is 11.4. The van der Waals surface area contributed by atoms with Crippen molar-refractivity contribution in [2.24, 2.45) is 0 Å². The standard InChI is InChI=1S/C19H17F3N2O3S/c1-25-13-8-11(9-14(26-2)16(13)27-3)15-17(28-18(23)24-15)10-4-6-12(7-5-10)19(20,21)22/h4-9H,1-3H3,(H2,23,24). The Kier molecular flexibility index (Phi) is 5.37. The third kappa shape index (κ3) is 3.70. The van der Waals surface area contributed by atoms with E-state index in [9.17, 15) is 13.2 Å². The van der Waals surface area contributed by atoms with Crippen LogP contribution in [0.5, 0.6) is 17.2 Å². The number of hydrogen-bond acceptors (Lipinski definition) is 6. The molecule has 0 aliphatic carbocycles. The first kappa shape index (κ1) is 19.8. The molecular weight excluding hydrogens is 393 g/mol. The lowest BCUT2D eigenvalue weighted by Gasteiger charge is -2.14. The lowest BCUT2D eigenvalue weighted by molar-refractivity contribution is -0.137. The number of halogens is 3. The van der Waals surface area contributed by atoms with E-state index in [-0.39, 0.29) is 0 Å². The van der Waals surface area contributed by atoms with Crippen LogP contribution in [0.25, 0.3) is 21.7 Å². The van der Waals surface area contributed by atoms with Crippen LogP contribution in [-0.2, 0) is 6.18 Å². The number of methoxy groups -OCH3 is 3. The van der Waals surface area contributed by atoms with Gasteiger partial charge in [0.05, 0.1) is 37.5 Å². The topological polar surface area (TPSA) is 66.6 Å². The minimum absolute atomic E-state index is 0.290. The first-order valence-corrected chi connectivity index (χ1v) is 8.84. The van der Waals surface area contributed by atoms with Gasteiger partial charge >= 0.3 is 6.18 Å². The molecule has 0 aliphatic heterocycles. The SMILES string of the molecule is COc1cc(-c2nc(N)sc2-c2ccc(C(F)(F)F)cc2)cc(OC)c1OC. The third-order valence-electron chi connectivity index (χ3n) is 4.06. The summed E-state index contributed by atoms with van der Waals surface area (Å²) in [5.41, 5.74) is 6.90. The van der Waals surface area contributed by atoms with Crippen molar-refractivity contribution in [3.63, 3.8) is 0 Å². The molecule has 0 saturated carbocycles. The molecule has 0 fully saturated rings. The van der Waals surface area contributed by atoms with Gasteiger partial charge < -0.3 is 19.9 Å². The molecule has 3 rings (SSSR count). The van der Waals surface area contributed by atoms with Gasteiger partial charge in [-0.1, -0.05) is 23.5 Å². The molecule has 0 spiro atoms. The molecule has 2 aromatic carbocycles. The second-order valence-corrected chi connectivity index (χ2v) is 6.75. The van der Waals surface area contributed by atoms with Crippen LogP contribution in [0.2, 0.25) is 0 Å². The number of thiazole rings is 1. The Bertz CT molecular complexity index is 960. The zero-order valence-electron chi connectivity index (χ0n) is 15.3. The average Bonchev–Trinajstić information content (AvgIpc) is 3.07. The van der Waals surface area contributed by atoms with Crippen molar-refractivity contribution in [2.45, 2.75) is 6.18 Å². The maximum atomic E-state index is 12.8. The average molecular weight is 410 g/mol. The predicted octanol–water partition coefficient (Wildman–Crippen LogP) is 5.10. The smallest absolute Gasteiger partial charge is 0.416 e. The third-order valence-corrected chi connectivity index (χ3v) is 4.99. The van der Waals surface area contributed by atoms with E-state index >= 15 is 0 Å². The molecule has 9 heteroatoms. The number of nitrogen functional groups attached to an aromatic ring is 1. The van der Waals surface area contributed by atoms with Crippen LogP contribution in [0.4, 0.5) is 18.3 Å². The zero-order valence-corrected chi connectivity index (χ0v) is 16.1. The van der Waals surface area contributed by atoms with Crippen LogP contribution in [0.3, 0.4) is 0 Å². The first-order chi connectivity index (χ1) is 13.3. The van der Waals surface area contributed by atoms with Gasteiger partial charge in [-0.05, 0) is 29.8 Å². The minimum Gasteiger partial charge on any atom is -0.493 e. The van der Waals surface area contributed by atoms with E-state index in [1.54, 1.807) is 12.1 Å². The summed E-state index contributed by atoms with van der Waals surface area (Å²) in [4.78, 5) is 5.00. The van der Waals surface area contributed by atoms with Crippen molar-refractivity contribution < 1.29 is 27.4 Å². The van der Waals surface area contributed by atoms with Gasteiger partial charge in [0.1, 0.15) is 0 Å². The van der Waals surface area contributed by atoms with Crippen LogP contribution in [0.15, 0.2) is 36.4 Å². The minimum atomic E-state index is -4.40. The number of aromatic nitrogens is 1. The first-order valence-electron chi connectivity index (χ1n) is 8.02. The number of benzene rings is 2. The Labute approximate surface area is 163 Å². The van der Waals surface area contributed by atoms with Gasteiger partial charge in [-0.2, -0.15) is 13.2 Å². The molecule has 0 bridgehead atoms. The maximum Gasteiger partial charge on any atom is 0.416 e. The van der Waals surface area contributed by atoms with Crippen molar-refractivity contribution in [2.75, 3.05) is 27.1 Å². The molecule has 1 heterocycles. The largest absolute Gasteiger partial charge is 0.493 e. The molecule has 1 aromatic heterocycles. The highest BCUT2D eigenvalue weighted by molar-refractivity contribution is 7.19. The van der Waals surface area contributed by atoms with E-state index in [0.717, 1.165) is 12.1 Å². The number of ether oxygens (including phenoxy) is 3. The highest BCUT2D eigenvalue weighted by atomic mass is 32.1. The Morgan fingerprint density at radius 3 is 1.93 bits per heavy atom. The van der Waals surface area contributed by atoms with Crippen LogP contribution >= 0.6 is 11.3 Å². The van der Waals surface area contributed by atoms with E-state index in [4.69, 9.17) is 19.9 Å². The second-order valence-electron chi connectivity index (χ2n) is 5.72. The number of anilines is 1. The summed E-state index contributed by atoms with van der Waals surface area (Å²) < 4.78 is 54.6. The van der Waals surface area contributed by atoms with E-state index in [0.29, 0.717) is 44.1 Å². The predicted molar refractivity (Wildman–Crippen MR) is 102 cm³/mol. The summed E-state index contributed by atoms with van der Waals surface area (Å²) in [6.07, 6.45) is -4.40. The second kappa shape index (κ2) is 7.59. The van der Waals surface area contributed by atoms with Gasteiger partial charge in [0, 0.05) is 5.56 Å². The Morgan fingerprint density at radius 1 is 0.893 bits per heavy atom. The molecule has 148 valence electrons. The van der Waals surface area contributed by atoms with Crippen LogP contribution in [0, 0.1) is 0 Å². The van der Waals surface area contributed by atoms with Crippen LogP contribution in [-0.4, -0.2) is 26.3 Å². The number of alkyl halides is 3. The maximum absolute atomic E-state index is 12.8. The molecule has 0 radical (unpaired) electrons. The molecular formula is C19H17F3N2O3S. The molecule has 0 atom stereocenters. The number of rotatable bonds is 5. The lowest BCUT2D eigenvalue weighted by Crippen LogP contribution is -2.03. The molecule has 5 nitrogen and oxygen atoms in total. The Balaban J connectivity index is 2.13. The fourth-order valence-corrected chi connectivity index (χ4v) is 3.62. The van der Waals surface area contributed by atoms with E-state index in [2.05, 4.69) is 4.98 Å². The fraction of sp³-hybridized carbons (Fsp3) is 0.211. The summed E-state index contributed by atoms with van der Waals surface area (Å²) in [5.74, 6) is 1.29. The van der Waals surface area contributed by atoms with Crippen molar-refractivity contribution in [3.8, 4) is 38.9 Å². The molecule has 28 heavy (non-hydrogen) atoms. The van der Waals surface area contributed by atoms with Gasteiger partial charge in [0.2, 0.25) is 5.75 Å². The van der Waals surface area contributed by atoms with Gasteiger partial charge in [0.15, 0.2) is 16.6 Å². The molecule has 3 aromatic rings. The molecule has 0 aliphatic rings. The van der Waals surface area contributed by atoms with Crippen molar-refractivity contribution in [1.29, 1.82) is 0 Å². The summed E-state index contributed by atoms with van der Waals surface area (Å²) in [6.45, 7) is 0. The number of hydrogen-bond donors (Lipinski definition) is 1. The van der Waals surface area contributed by atoms with Gasteiger partial charge in [-0.15, -0.1) is 0 Å². The van der Waals surface area contributed by atoms with Crippen molar-refractivity contribution in [3.05, 3.63) is 42.0 Å². The van der Waals surface area contributed by atoms with Crippen molar-refractivity contribution >= 4 is 16.5 Å². The van der Waals surface area contributed by atoms with Crippen molar-refractivity contribution in [1.82, 2.24) is 4.98 Å². The molecule has 0 amide bonds.